The molecule has 0 atom stereocenters. The second kappa shape index (κ2) is 11.5. The highest BCUT2D eigenvalue weighted by Gasteiger charge is 2.09. The molecular formula is C21H26N2O2S. The van der Waals surface area contributed by atoms with Crippen molar-refractivity contribution in [2.24, 2.45) is 0 Å². The van der Waals surface area contributed by atoms with Crippen molar-refractivity contribution in [3.05, 3.63) is 53.6 Å². The maximum absolute atomic E-state index is 12.4. The molecule has 4 nitrogen and oxygen atoms in total. The molecule has 2 aromatic rings. The highest BCUT2D eigenvalue weighted by Crippen LogP contribution is 2.21. The topological polar surface area (TPSA) is 59.1 Å². The predicted octanol–water partition coefficient (Wildman–Crippen LogP) is 5.10. The number of para-hydroxylation sites is 1. The molecule has 0 spiro atoms. The van der Waals surface area contributed by atoms with Crippen molar-refractivity contribution >= 4 is 33.7 Å². The Bertz CT molecular complexity index is 753. The van der Waals surface area contributed by atoms with Crippen LogP contribution in [-0.4, -0.2) is 22.6 Å². The number of benzene rings is 1. The molecule has 1 heterocycles. The minimum absolute atomic E-state index is 0.0939. The van der Waals surface area contributed by atoms with E-state index >= 15 is 0 Å². The molecular weight excluding hydrogens is 344 g/mol. The van der Waals surface area contributed by atoms with Gasteiger partial charge in [0, 0.05) is 29.8 Å². The number of rotatable bonds is 10. The van der Waals surface area contributed by atoms with Crippen LogP contribution in [0.15, 0.2) is 48.0 Å². The van der Waals surface area contributed by atoms with Crippen molar-refractivity contribution in [1.82, 2.24) is 10.3 Å². The Hall–Kier alpha value is -2.14. The van der Waals surface area contributed by atoms with Gasteiger partial charge < -0.3 is 5.32 Å². The molecule has 1 N–H and O–H groups in total. The number of hydrogen-bond acceptors (Lipinski definition) is 4. The largest absolute Gasteiger partial charge is 0.353 e. The second-order valence-electron chi connectivity index (χ2n) is 6.14. The van der Waals surface area contributed by atoms with Crippen molar-refractivity contribution in [2.75, 3.05) is 6.54 Å². The summed E-state index contributed by atoms with van der Waals surface area (Å²) in [6.07, 6.45) is 10.2. The summed E-state index contributed by atoms with van der Waals surface area (Å²) in [5, 5.41) is 5.14. The van der Waals surface area contributed by atoms with Gasteiger partial charge in [-0.25, -0.2) is 0 Å². The number of carbonyl (C=O) groups is 2. The van der Waals surface area contributed by atoms with E-state index in [1.165, 1.54) is 31.8 Å². The quantitative estimate of drug-likeness (QED) is 0.467. The van der Waals surface area contributed by atoms with E-state index in [0.29, 0.717) is 12.1 Å². The zero-order valence-electron chi connectivity index (χ0n) is 15.2. The van der Waals surface area contributed by atoms with Crippen LogP contribution in [0, 0.1) is 0 Å². The Morgan fingerprint density at radius 2 is 1.85 bits per heavy atom. The van der Waals surface area contributed by atoms with Crippen LogP contribution in [0.5, 0.6) is 0 Å². The van der Waals surface area contributed by atoms with Gasteiger partial charge in [0.2, 0.25) is 11.0 Å². The van der Waals surface area contributed by atoms with Crippen LogP contribution in [0.4, 0.5) is 0 Å². The number of thioether (sulfide) groups is 1. The smallest absolute Gasteiger partial charge is 0.244 e. The van der Waals surface area contributed by atoms with Gasteiger partial charge >= 0.3 is 0 Å². The average molecular weight is 371 g/mol. The van der Waals surface area contributed by atoms with Crippen LogP contribution in [0.1, 0.15) is 55.8 Å². The van der Waals surface area contributed by atoms with Gasteiger partial charge in [-0.1, -0.05) is 69.0 Å². The lowest BCUT2D eigenvalue weighted by molar-refractivity contribution is -0.116. The lowest BCUT2D eigenvalue weighted by Gasteiger charge is -2.03. The van der Waals surface area contributed by atoms with Gasteiger partial charge in [-0.05, 0) is 24.0 Å². The van der Waals surface area contributed by atoms with Gasteiger partial charge in [0.05, 0.1) is 5.52 Å². The number of nitrogens with one attached hydrogen (secondary N) is 1. The van der Waals surface area contributed by atoms with Crippen LogP contribution >= 0.6 is 11.8 Å². The standard InChI is InChI=1S/C21H26N2O2S/c1-2-3-4-5-6-9-14-23-20(24)13-16-26-21(25)18-12-15-22-19-11-8-7-10-17(18)19/h7-8,10-13,15-16H,2-6,9,14H2,1H3,(H,23,24). The number of unbranched alkanes of at least 4 members (excludes halogenated alkanes) is 5. The van der Waals surface area contributed by atoms with Gasteiger partial charge in [-0.15, -0.1) is 0 Å². The SMILES string of the molecule is CCCCCCCCNC(=O)C=CSC(=O)c1ccnc2ccccc12. The summed E-state index contributed by atoms with van der Waals surface area (Å²) < 4.78 is 0. The fourth-order valence-electron chi connectivity index (χ4n) is 2.67. The number of carbonyl (C=O) groups excluding carboxylic acids is 2. The summed E-state index contributed by atoms with van der Waals surface area (Å²) in [6, 6.07) is 9.25. The van der Waals surface area contributed by atoms with E-state index in [0.717, 1.165) is 35.5 Å². The molecule has 1 amide bonds. The first-order valence-corrected chi connectivity index (χ1v) is 10.1. The maximum atomic E-state index is 12.4. The average Bonchev–Trinajstić information content (AvgIpc) is 2.66. The molecule has 0 aliphatic heterocycles. The second-order valence-corrected chi connectivity index (χ2v) is 7.02. The van der Waals surface area contributed by atoms with Crippen molar-refractivity contribution < 1.29 is 9.59 Å². The molecule has 0 saturated heterocycles. The van der Waals surface area contributed by atoms with Crippen LogP contribution in [0.3, 0.4) is 0 Å². The van der Waals surface area contributed by atoms with Crippen LogP contribution in [-0.2, 0) is 4.79 Å². The summed E-state index contributed by atoms with van der Waals surface area (Å²) in [6.45, 7) is 2.88. The van der Waals surface area contributed by atoms with Gasteiger partial charge in [-0.2, -0.15) is 0 Å². The lowest BCUT2D eigenvalue weighted by atomic mass is 10.1. The van der Waals surface area contributed by atoms with Crippen LogP contribution < -0.4 is 5.32 Å². The first-order chi connectivity index (χ1) is 12.7. The van der Waals surface area contributed by atoms with E-state index in [1.54, 1.807) is 17.7 Å². The third-order valence-electron chi connectivity index (χ3n) is 4.09. The van der Waals surface area contributed by atoms with Gasteiger partial charge in [-0.3, -0.25) is 14.6 Å². The predicted molar refractivity (Wildman–Crippen MR) is 109 cm³/mol. The maximum Gasteiger partial charge on any atom is 0.244 e. The Balaban J connectivity index is 1.73. The summed E-state index contributed by atoms with van der Waals surface area (Å²) in [5.74, 6) is -0.154. The number of hydrogen-bond donors (Lipinski definition) is 1. The molecule has 1 aromatic heterocycles. The molecule has 0 aliphatic rings. The Morgan fingerprint density at radius 3 is 2.69 bits per heavy atom. The zero-order chi connectivity index (χ0) is 18.6. The first kappa shape index (κ1) is 20.2. The minimum atomic E-state index is -0.154. The third kappa shape index (κ3) is 6.64. The monoisotopic (exact) mass is 370 g/mol. The normalized spacial score (nSPS) is 11.1. The fourth-order valence-corrected chi connectivity index (χ4v) is 3.29. The highest BCUT2D eigenvalue weighted by atomic mass is 32.2. The Morgan fingerprint density at radius 1 is 1.08 bits per heavy atom. The van der Waals surface area contributed by atoms with E-state index in [4.69, 9.17) is 0 Å². The van der Waals surface area contributed by atoms with Crippen molar-refractivity contribution in [2.45, 2.75) is 45.4 Å². The molecule has 2 rings (SSSR count). The molecule has 0 fully saturated rings. The molecule has 26 heavy (non-hydrogen) atoms. The van der Waals surface area contributed by atoms with E-state index in [1.807, 2.05) is 24.3 Å². The molecule has 138 valence electrons. The van der Waals surface area contributed by atoms with E-state index in [2.05, 4.69) is 17.2 Å². The summed E-state index contributed by atoms with van der Waals surface area (Å²) in [7, 11) is 0. The highest BCUT2D eigenvalue weighted by molar-refractivity contribution is 8.16. The summed E-state index contributed by atoms with van der Waals surface area (Å²) >= 11 is 1.02. The van der Waals surface area contributed by atoms with Crippen molar-refractivity contribution in [3.8, 4) is 0 Å². The number of fused-ring (bicyclic) bond motifs is 1. The Kier molecular flexibility index (Phi) is 8.90. The minimum Gasteiger partial charge on any atom is -0.353 e. The van der Waals surface area contributed by atoms with E-state index < -0.39 is 0 Å². The number of pyridine rings is 1. The fraction of sp³-hybridized carbons (Fsp3) is 0.381. The number of aromatic nitrogens is 1. The van der Waals surface area contributed by atoms with Crippen LogP contribution in [0.25, 0.3) is 10.9 Å². The molecule has 0 radical (unpaired) electrons. The molecule has 5 heteroatoms. The Labute approximate surface area is 159 Å². The molecule has 0 bridgehead atoms. The first-order valence-electron chi connectivity index (χ1n) is 9.21. The lowest BCUT2D eigenvalue weighted by Crippen LogP contribution is -2.21. The van der Waals surface area contributed by atoms with E-state index in [-0.39, 0.29) is 11.0 Å². The van der Waals surface area contributed by atoms with Gasteiger partial charge in [0.1, 0.15) is 0 Å². The number of nitrogens with zero attached hydrogens (tertiary/aromatic N) is 1. The summed E-state index contributed by atoms with van der Waals surface area (Å²) in [5.41, 5.74) is 1.40. The molecule has 0 saturated carbocycles. The third-order valence-corrected chi connectivity index (χ3v) is 4.80. The van der Waals surface area contributed by atoms with Crippen molar-refractivity contribution in [1.29, 1.82) is 0 Å². The van der Waals surface area contributed by atoms with Gasteiger partial charge in [0.25, 0.3) is 0 Å². The van der Waals surface area contributed by atoms with Gasteiger partial charge in [0.15, 0.2) is 0 Å². The zero-order valence-corrected chi connectivity index (χ0v) is 16.1. The molecule has 0 aliphatic carbocycles. The van der Waals surface area contributed by atoms with Crippen molar-refractivity contribution in [3.63, 3.8) is 0 Å². The van der Waals surface area contributed by atoms with Crippen LogP contribution in [0.2, 0.25) is 0 Å². The van der Waals surface area contributed by atoms with E-state index in [9.17, 15) is 9.59 Å². The molecule has 1 aromatic carbocycles. The summed E-state index contributed by atoms with van der Waals surface area (Å²) in [4.78, 5) is 28.4. The number of amides is 1. The molecule has 0 unspecified atom stereocenters.